The molecule has 0 aliphatic heterocycles. The van der Waals surface area contributed by atoms with E-state index in [1.54, 1.807) is 58.1 Å². The molecule has 12 heteroatoms. The van der Waals surface area contributed by atoms with Crippen LogP contribution in [0.1, 0.15) is 56.9 Å². The molecule has 0 saturated carbocycles. The summed E-state index contributed by atoms with van der Waals surface area (Å²) in [7, 11) is 0. The molecule has 58 heavy (non-hydrogen) atoms. The third-order valence-corrected chi connectivity index (χ3v) is 14.3. The summed E-state index contributed by atoms with van der Waals surface area (Å²) in [6.45, 7) is 9.17. The molecule has 0 aliphatic carbocycles. The van der Waals surface area contributed by atoms with Gasteiger partial charge >= 0.3 is 0 Å². The third kappa shape index (κ3) is 15.4. The highest BCUT2D eigenvalue weighted by Gasteiger charge is 2.45. The van der Waals surface area contributed by atoms with Gasteiger partial charge in [0.05, 0.1) is 0 Å². The first kappa shape index (κ1) is 46.8. The van der Waals surface area contributed by atoms with E-state index in [1.165, 1.54) is 29.1 Å². The van der Waals surface area contributed by atoms with Crippen LogP contribution in [0.5, 0.6) is 0 Å². The zero-order valence-corrected chi connectivity index (χ0v) is 37.5. The molecule has 4 rings (SSSR count). The fourth-order valence-electron chi connectivity index (χ4n) is 5.71. The van der Waals surface area contributed by atoms with Crippen LogP contribution in [-0.2, 0) is 42.2 Å². The second-order valence-electron chi connectivity index (χ2n) is 15.3. The second-order valence-corrected chi connectivity index (χ2v) is 19.3. The summed E-state index contributed by atoms with van der Waals surface area (Å²) >= 11 is 6.35. The molecule has 8 nitrogen and oxygen atoms in total. The van der Waals surface area contributed by atoms with Crippen molar-refractivity contribution < 1.29 is 19.2 Å². The SMILES string of the molecule is CC(C)C(=O)N[C@@](C)(CSCc1ccccc1)C(=O)N[C@@](C)(CSCc1ccccc1)C(=O)N[C@@](C)(CSCc1ccccc1)C(=O)NCCSCc1ccccc1. The van der Waals surface area contributed by atoms with E-state index in [0.29, 0.717) is 35.3 Å². The van der Waals surface area contributed by atoms with Crippen molar-refractivity contribution in [3.63, 3.8) is 0 Å². The Morgan fingerprint density at radius 2 is 0.776 bits per heavy atom. The number of hydrogen-bond acceptors (Lipinski definition) is 8. The lowest BCUT2D eigenvalue weighted by Gasteiger charge is -2.38. The van der Waals surface area contributed by atoms with Crippen LogP contribution in [0.2, 0.25) is 0 Å². The summed E-state index contributed by atoms with van der Waals surface area (Å²) in [6, 6.07) is 40.1. The molecular formula is C46H58N4O4S4. The Morgan fingerprint density at radius 1 is 0.466 bits per heavy atom. The molecule has 0 heterocycles. The maximum absolute atomic E-state index is 14.8. The highest BCUT2D eigenvalue weighted by molar-refractivity contribution is 7.99. The number of hydrogen-bond donors (Lipinski definition) is 4. The van der Waals surface area contributed by atoms with Crippen molar-refractivity contribution in [2.45, 2.75) is 74.2 Å². The second kappa shape index (κ2) is 23.7. The Labute approximate surface area is 362 Å². The van der Waals surface area contributed by atoms with E-state index in [2.05, 4.69) is 33.4 Å². The van der Waals surface area contributed by atoms with Crippen molar-refractivity contribution >= 4 is 70.7 Å². The van der Waals surface area contributed by atoms with E-state index in [4.69, 9.17) is 0 Å². The number of thioether (sulfide) groups is 4. The number of carbonyl (C=O) groups is 4. The van der Waals surface area contributed by atoms with Crippen LogP contribution < -0.4 is 21.3 Å². The maximum atomic E-state index is 14.8. The minimum absolute atomic E-state index is 0.218. The third-order valence-electron chi connectivity index (χ3n) is 9.36. The zero-order chi connectivity index (χ0) is 41.9. The Morgan fingerprint density at radius 3 is 1.12 bits per heavy atom. The lowest BCUT2D eigenvalue weighted by atomic mass is 9.95. The van der Waals surface area contributed by atoms with E-state index in [0.717, 1.165) is 22.4 Å². The fraction of sp³-hybridized carbons (Fsp3) is 0.391. The van der Waals surface area contributed by atoms with Crippen LogP contribution in [0, 0.1) is 5.92 Å². The number of rotatable bonds is 24. The fourth-order valence-corrected chi connectivity index (χ4v) is 9.95. The van der Waals surface area contributed by atoms with Crippen molar-refractivity contribution in [3.8, 4) is 0 Å². The van der Waals surface area contributed by atoms with Crippen LogP contribution in [0.4, 0.5) is 0 Å². The molecular weight excluding hydrogens is 801 g/mol. The summed E-state index contributed by atoms with van der Waals surface area (Å²) in [5, 5.41) is 12.3. The maximum Gasteiger partial charge on any atom is 0.247 e. The number of benzene rings is 4. The van der Waals surface area contributed by atoms with Crippen molar-refractivity contribution in [2.75, 3.05) is 29.6 Å². The summed E-state index contributed by atoms with van der Waals surface area (Å²) < 4.78 is 0. The Bertz CT molecular complexity index is 1870. The van der Waals surface area contributed by atoms with E-state index in [1.807, 2.05) is 109 Å². The molecule has 0 aromatic heterocycles. The molecule has 0 fully saturated rings. The van der Waals surface area contributed by atoms with Gasteiger partial charge in [-0.2, -0.15) is 47.0 Å². The Hall–Kier alpha value is -3.84. The van der Waals surface area contributed by atoms with Gasteiger partial charge in [0.1, 0.15) is 16.6 Å². The minimum atomic E-state index is -1.46. The topological polar surface area (TPSA) is 116 Å². The molecule has 4 amide bonds. The van der Waals surface area contributed by atoms with Gasteiger partial charge in [0.25, 0.3) is 0 Å². The van der Waals surface area contributed by atoms with Crippen LogP contribution >= 0.6 is 47.0 Å². The quantitative estimate of drug-likeness (QED) is 0.0523. The standard InChI is InChI=1S/C46H58N4O4S4/c1-35(2)40(51)48-45(4,33-57-30-38-22-14-8-15-23-38)42(53)50-46(5,34-58-31-39-24-16-9-17-25-39)43(54)49-44(3,32-56-29-37-20-12-7-13-21-37)41(52)47-26-27-55-28-36-18-10-6-11-19-36/h6-25,35H,26-34H2,1-5H3,(H,47,52)(H,48,51)(H,49,54)(H,50,53)/t44-,45-,46-/m0/s1. The van der Waals surface area contributed by atoms with Crippen LogP contribution in [0.15, 0.2) is 121 Å². The first-order chi connectivity index (χ1) is 27.8. The van der Waals surface area contributed by atoms with E-state index in [-0.39, 0.29) is 29.2 Å². The van der Waals surface area contributed by atoms with Gasteiger partial charge in [-0.15, -0.1) is 0 Å². The van der Waals surface area contributed by atoms with Crippen molar-refractivity contribution in [2.24, 2.45) is 5.92 Å². The molecule has 4 aromatic carbocycles. The average Bonchev–Trinajstić information content (AvgIpc) is 3.22. The summed E-state index contributed by atoms with van der Waals surface area (Å²) in [5.74, 6) is 2.38. The van der Waals surface area contributed by atoms with Gasteiger partial charge < -0.3 is 21.3 Å². The van der Waals surface area contributed by atoms with Gasteiger partial charge in [0, 0.05) is 58.5 Å². The number of nitrogens with one attached hydrogen (secondary N) is 4. The highest BCUT2D eigenvalue weighted by Crippen LogP contribution is 2.26. The predicted octanol–water partition coefficient (Wildman–Crippen LogP) is 8.12. The monoisotopic (exact) mass is 858 g/mol. The van der Waals surface area contributed by atoms with E-state index < -0.39 is 28.4 Å². The van der Waals surface area contributed by atoms with Gasteiger partial charge in [0.15, 0.2) is 0 Å². The molecule has 0 saturated heterocycles. The Kier molecular flexibility index (Phi) is 19.1. The minimum Gasteiger partial charge on any atom is -0.353 e. The molecule has 4 N–H and O–H groups in total. The van der Waals surface area contributed by atoms with Gasteiger partial charge in [-0.05, 0) is 43.0 Å². The molecule has 0 unspecified atom stereocenters. The smallest absolute Gasteiger partial charge is 0.247 e. The van der Waals surface area contributed by atoms with Crippen LogP contribution in [-0.4, -0.2) is 69.8 Å². The first-order valence-electron chi connectivity index (χ1n) is 19.5. The Balaban J connectivity index is 1.55. The van der Waals surface area contributed by atoms with Gasteiger partial charge in [0.2, 0.25) is 23.6 Å². The van der Waals surface area contributed by atoms with Crippen LogP contribution in [0.3, 0.4) is 0 Å². The summed E-state index contributed by atoms with van der Waals surface area (Å²) in [4.78, 5) is 56.6. The van der Waals surface area contributed by atoms with Crippen LogP contribution in [0.25, 0.3) is 0 Å². The van der Waals surface area contributed by atoms with Gasteiger partial charge in [-0.1, -0.05) is 135 Å². The molecule has 4 aromatic rings. The van der Waals surface area contributed by atoms with Gasteiger partial charge in [-0.25, -0.2) is 0 Å². The molecule has 310 valence electrons. The number of carbonyl (C=O) groups excluding carboxylic acids is 4. The normalized spacial score (nSPS) is 14.3. The number of amides is 4. The lowest BCUT2D eigenvalue weighted by Crippen LogP contribution is -2.70. The lowest BCUT2D eigenvalue weighted by molar-refractivity contribution is -0.139. The molecule has 0 radical (unpaired) electrons. The summed E-state index contributed by atoms with van der Waals surface area (Å²) in [5.41, 5.74) is 0.411. The van der Waals surface area contributed by atoms with Crippen molar-refractivity contribution in [1.82, 2.24) is 21.3 Å². The largest absolute Gasteiger partial charge is 0.353 e. The molecule has 3 atom stereocenters. The molecule has 0 bridgehead atoms. The molecule has 0 aliphatic rings. The highest BCUT2D eigenvalue weighted by atomic mass is 32.2. The molecule has 0 spiro atoms. The van der Waals surface area contributed by atoms with E-state index in [9.17, 15) is 19.2 Å². The van der Waals surface area contributed by atoms with E-state index >= 15 is 0 Å². The first-order valence-corrected chi connectivity index (χ1v) is 24.2. The van der Waals surface area contributed by atoms with Crippen molar-refractivity contribution in [3.05, 3.63) is 144 Å². The predicted molar refractivity (Wildman–Crippen MR) is 248 cm³/mol. The van der Waals surface area contributed by atoms with Gasteiger partial charge in [-0.3, -0.25) is 19.2 Å². The zero-order valence-electron chi connectivity index (χ0n) is 34.3. The summed E-state index contributed by atoms with van der Waals surface area (Å²) in [6.07, 6.45) is 0. The average molecular weight is 859 g/mol. The van der Waals surface area contributed by atoms with Crippen molar-refractivity contribution in [1.29, 1.82) is 0 Å².